The molecule has 0 aromatic heterocycles. The molecule has 0 N–H and O–H groups in total. The van der Waals surface area contributed by atoms with E-state index in [-0.39, 0.29) is 0 Å². The monoisotopic (exact) mass is 166 g/mol. The molecule has 0 bridgehead atoms. The highest BCUT2D eigenvalue weighted by Gasteiger charge is 2.08. The Hall–Kier alpha value is -0.980. The minimum atomic E-state index is 0.412. The van der Waals surface area contributed by atoms with Crippen LogP contribution in [0.25, 0.3) is 0 Å². The van der Waals surface area contributed by atoms with E-state index in [2.05, 4.69) is 27.0 Å². The van der Waals surface area contributed by atoms with Crippen molar-refractivity contribution in [1.82, 2.24) is 0 Å². The molecule has 0 rings (SSSR count). The Balaban J connectivity index is 4.79. The van der Waals surface area contributed by atoms with Crippen LogP contribution in [0, 0.1) is 5.92 Å². The van der Waals surface area contributed by atoms with Crippen molar-refractivity contribution >= 4 is 0 Å². The van der Waals surface area contributed by atoms with Crippen molar-refractivity contribution in [3.8, 4) is 0 Å². The molecule has 0 saturated heterocycles. The van der Waals surface area contributed by atoms with E-state index in [0.717, 1.165) is 16.9 Å². The highest BCUT2D eigenvalue weighted by molar-refractivity contribution is 5.33. The SMILES string of the molecule is C=C/C(C)=C(/OC)C(=C)C(C)C. The Kier molecular flexibility index (Phi) is 4.42. The molecule has 0 unspecified atom stereocenters. The molecule has 68 valence electrons. The van der Waals surface area contributed by atoms with Crippen LogP contribution in [0.2, 0.25) is 0 Å². The summed E-state index contributed by atoms with van der Waals surface area (Å²) in [4.78, 5) is 0. The van der Waals surface area contributed by atoms with Crippen molar-refractivity contribution < 1.29 is 4.74 Å². The largest absolute Gasteiger partial charge is 0.496 e. The van der Waals surface area contributed by atoms with Gasteiger partial charge in [0.1, 0.15) is 5.76 Å². The molecule has 0 atom stereocenters. The van der Waals surface area contributed by atoms with Gasteiger partial charge in [-0.15, -0.1) is 0 Å². The Labute approximate surface area is 75.4 Å². The maximum absolute atomic E-state index is 5.23. The molecular weight excluding hydrogens is 148 g/mol. The lowest BCUT2D eigenvalue weighted by Crippen LogP contribution is -2.00. The van der Waals surface area contributed by atoms with Gasteiger partial charge in [0.15, 0.2) is 0 Å². The van der Waals surface area contributed by atoms with Crippen LogP contribution >= 0.6 is 0 Å². The van der Waals surface area contributed by atoms with Crippen LogP contribution in [0.15, 0.2) is 36.1 Å². The van der Waals surface area contributed by atoms with Gasteiger partial charge in [0.05, 0.1) is 7.11 Å². The molecule has 0 aliphatic carbocycles. The summed E-state index contributed by atoms with van der Waals surface area (Å²) in [5.74, 6) is 1.27. The molecule has 0 heterocycles. The lowest BCUT2D eigenvalue weighted by atomic mass is 10.0. The fourth-order valence-electron chi connectivity index (χ4n) is 0.900. The van der Waals surface area contributed by atoms with Crippen molar-refractivity contribution in [2.24, 2.45) is 5.92 Å². The highest BCUT2D eigenvalue weighted by atomic mass is 16.5. The van der Waals surface area contributed by atoms with E-state index < -0.39 is 0 Å². The smallest absolute Gasteiger partial charge is 0.124 e. The van der Waals surface area contributed by atoms with Crippen LogP contribution in [-0.2, 0) is 4.74 Å². The Morgan fingerprint density at radius 3 is 2.17 bits per heavy atom. The standard InChI is InChI=1S/C11H18O/c1-7-9(4)11(12-6)10(5)8(2)3/h7-8H,1,5H2,2-4,6H3/b11-9+. The van der Waals surface area contributed by atoms with Crippen LogP contribution < -0.4 is 0 Å². The van der Waals surface area contributed by atoms with Gasteiger partial charge in [-0.2, -0.15) is 0 Å². The first-order chi connectivity index (χ1) is 5.54. The predicted octanol–water partition coefficient (Wildman–Crippen LogP) is 3.31. The van der Waals surface area contributed by atoms with Gasteiger partial charge in [-0.05, 0) is 24.0 Å². The van der Waals surface area contributed by atoms with Gasteiger partial charge < -0.3 is 4.74 Å². The Morgan fingerprint density at radius 1 is 1.42 bits per heavy atom. The number of hydrogen-bond acceptors (Lipinski definition) is 1. The molecule has 0 amide bonds. The van der Waals surface area contributed by atoms with Gasteiger partial charge in [0, 0.05) is 0 Å². The zero-order chi connectivity index (χ0) is 9.72. The van der Waals surface area contributed by atoms with Crippen LogP contribution in [0.4, 0.5) is 0 Å². The Morgan fingerprint density at radius 2 is 1.92 bits per heavy atom. The van der Waals surface area contributed by atoms with Crippen LogP contribution in [0.5, 0.6) is 0 Å². The number of allylic oxidation sites excluding steroid dienone is 3. The summed E-state index contributed by atoms with van der Waals surface area (Å²) < 4.78 is 5.23. The minimum Gasteiger partial charge on any atom is -0.496 e. The van der Waals surface area contributed by atoms with Gasteiger partial charge in [0.25, 0.3) is 0 Å². The molecule has 0 aliphatic rings. The second-order valence-corrected chi connectivity index (χ2v) is 3.10. The van der Waals surface area contributed by atoms with E-state index >= 15 is 0 Å². The van der Waals surface area contributed by atoms with E-state index in [0.29, 0.717) is 5.92 Å². The van der Waals surface area contributed by atoms with Gasteiger partial charge in [-0.25, -0.2) is 0 Å². The summed E-state index contributed by atoms with van der Waals surface area (Å²) >= 11 is 0. The predicted molar refractivity (Wildman–Crippen MR) is 53.9 cm³/mol. The first-order valence-corrected chi connectivity index (χ1v) is 4.11. The van der Waals surface area contributed by atoms with E-state index in [1.54, 1.807) is 13.2 Å². The van der Waals surface area contributed by atoms with Crippen molar-refractivity contribution in [3.63, 3.8) is 0 Å². The molecular formula is C11H18O. The van der Waals surface area contributed by atoms with Crippen LogP contribution in [0.1, 0.15) is 20.8 Å². The fraction of sp³-hybridized carbons (Fsp3) is 0.455. The zero-order valence-electron chi connectivity index (χ0n) is 8.48. The molecule has 0 radical (unpaired) electrons. The summed E-state index contributed by atoms with van der Waals surface area (Å²) in [5, 5.41) is 0. The van der Waals surface area contributed by atoms with E-state index in [9.17, 15) is 0 Å². The first kappa shape index (κ1) is 11.0. The number of rotatable bonds is 4. The lowest BCUT2D eigenvalue weighted by molar-refractivity contribution is 0.291. The summed E-state index contributed by atoms with van der Waals surface area (Å²) in [6, 6.07) is 0. The topological polar surface area (TPSA) is 9.23 Å². The molecule has 0 fully saturated rings. The quantitative estimate of drug-likeness (QED) is 0.460. The van der Waals surface area contributed by atoms with Gasteiger partial charge in [-0.3, -0.25) is 0 Å². The molecule has 0 aromatic carbocycles. The second kappa shape index (κ2) is 4.81. The maximum Gasteiger partial charge on any atom is 0.124 e. The van der Waals surface area contributed by atoms with E-state index in [1.807, 2.05) is 6.92 Å². The van der Waals surface area contributed by atoms with Gasteiger partial charge >= 0.3 is 0 Å². The average molecular weight is 166 g/mol. The first-order valence-electron chi connectivity index (χ1n) is 4.11. The highest BCUT2D eigenvalue weighted by Crippen LogP contribution is 2.21. The summed E-state index contributed by atoms with van der Waals surface area (Å²) in [6.45, 7) is 13.8. The molecule has 1 heteroatoms. The van der Waals surface area contributed by atoms with Crippen LogP contribution in [-0.4, -0.2) is 7.11 Å². The molecule has 12 heavy (non-hydrogen) atoms. The summed E-state index contributed by atoms with van der Waals surface area (Å²) in [6.07, 6.45) is 1.78. The normalized spacial score (nSPS) is 12.4. The molecule has 1 nitrogen and oxygen atoms in total. The maximum atomic E-state index is 5.23. The minimum absolute atomic E-state index is 0.412. The van der Waals surface area contributed by atoms with E-state index in [1.165, 1.54) is 0 Å². The van der Waals surface area contributed by atoms with Crippen molar-refractivity contribution in [2.45, 2.75) is 20.8 Å². The molecule has 0 spiro atoms. The summed E-state index contributed by atoms with van der Waals surface area (Å²) in [7, 11) is 1.66. The van der Waals surface area contributed by atoms with Gasteiger partial charge in [-0.1, -0.05) is 33.1 Å². The number of methoxy groups -OCH3 is 1. The molecule has 0 aromatic rings. The average Bonchev–Trinajstić information content (AvgIpc) is 2.05. The third-order valence-corrected chi connectivity index (χ3v) is 1.86. The summed E-state index contributed by atoms with van der Waals surface area (Å²) in [5.41, 5.74) is 2.06. The van der Waals surface area contributed by atoms with E-state index in [4.69, 9.17) is 4.74 Å². The molecule has 0 saturated carbocycles. The third-order valence-electron chi connectivity index (χ3n) is 1.86. The second-order valence-electron chi connectivity index (χ2n) is 3.10. The van der Waals surface area contributed by atoms with Crippen molar-refractivity contribution in [3.05, 3.63) is 36.1 Å². The van der Waals surface area contributed by atoms with Crippen molar-refractivity contribution in [1.29, 1.82) is 0 Å². The Bertz CT molecular complexity index is 209. The molecule has 0 aliphatic heterocycles. The lowest BCUT2D eigenvalue weighted by Gasteiger charge is -2.14. The zero-order valence-corrected chi connectivity index (χ0v) is 8.48. The van der Waals surface area contributed by atoms with Gasteiger partial charge in [0.2, 0.25) is 0 Å². The van der Waals surface area contributed by atoms with Crippen LogP contribution in [0.3, 0.4) is 0 Å². The number of ether oxygens (including phenoxy) is 1. The van der Waals surface area contributed by atoms with Crippen molar-refractivity contribution in [2.75, 3.05) is 7.11 Å². The fourth-order valence-corrected chi connectivity index (χ4v) is 0.900. The third kappa shape index (κ3) is 2.57. The number of hydrogen-bond donors (Lipinski definition) is 0.